The zero-order valence-corrected chi connectivity index (χ0v) is 15.5. The molecule has 2 N–H and O–H groups in total. The molecule has 2 aromatic rings. The second-order valence-corrected chi connectivity index (χ2v) is 7.61. The number of phenols is 1. The molecule has 26 heavy (non-hydrogen) atoms. The van der Waals surface area contributed by atoms with Crippen LogP contribution in [0.15, 0.2) is 42.5 Å². The van der Waals surface area contributed by atoms with Gasteiger partial charge in [-0.15, -0.1) is 0 Å². The number of benzene rings is 2. The van der Waals surface area contributed by atoms with Gasteiger partial charge in [-0.3, -0.25) is 10.1 Å². The van der Waals surface area contributed by atoms with E-state index in [1.807, 2.05) is 20.0 Å². The van der Waals surface area contributed by atoms with Gasteiger partial charge in [0.2, 0.25) is 5.91 Å². The summed E-state index contributed by atoms with van der Waals surface area (Å²) in [4.78, 5) is 15.1. The number of carbonyl (C=O) groups excluding carboxylic acids is 1. The van der Waals surface area contributed by atoms with Crippen molar-refractivity contribution in [3.8, 4) is 5.75 Å². The van der Waals surface area contributed by atoms with Crippen molar-refractivity contribution in [2.45, 2.75) is 50.7 Å². The first kappa shape index (κ1) is 17.1. The number of nitrogens with zero attached hydrogens (tertiary/aromatic N) is 1. The second kappa shape index (κ2) is 6.44. The van der Waals surface area contributed by atoms with Gasteiger partial charge in [0.05, 0.1) is 6.17 Å². The fourth-order valence-corrected chi connectivity index (χ4v) is 4.52. The summed E-state index contributed by atoms with van der Waals surface area (Å²) in [5.74, 6) is 0.312. The van der Waals surface area contributed by atoms with Crippen LogP contribution in [0.5, 0.6) is 5.75 Å². The molecule has 1 aliphatic carbocycles. The van der Waals surface area contributed by atoms with E-state index in [9.17, 15) is 9.90 Å². The van der Waals surface area contributed by atoms with Gasteiger partial charge in [0.15, 0.2) is 0 Å². The van der Waals surface area contributed by atoms with E-state index in [2.05, 4.69) is 29.6 Å². The van der Waals surface area contributed by atoms with Crippen LogP contribution in [0.4, 0.5) is 0 Å². The predicted molar refractivity (Wildman–Crippen MR) is 102 cm³/mol. The predicted octanol–water partition coefficient (Wildman–Crippen LogP) is 3.12. The first-order chi connectivity index (χ1) is 12.5. The summed E-state index contributed by atoms with van der Waals surface area (Å²) in [5.41, 5.74) is 4.04. The third-order valence-electron chi connectivity index (χ3n) is 6.05. The topological polar surface area (TPSA) is 52.6 Å². The summed E-state index contributed by atoms with van der Waals surface area (Å²) in [6.07, 6.45) is 4.47. The van der Waals surface area contributed by atoms with Crippen LogP contribution in [0.3, 0.4) is 0 Å². The number of amides is 1. The summed E-state index contributed by atoms with van der Waals surface area (Å²) < 4.78 is 0. The van der Waals surface area contributed by atoms with Crippen LogP contribution in [0.1, 0.15) is 42.0 Å². The Kier molecular flexibility index (Phi) is 4.23. The maximum absolute atomic E-state index is 13.3. The van der Waals surface area contributed by atoms with E-state index in [1.165, 1.54) is 11.1 Å². The smallest absolute Gasteiger partial charge is 0.248 e. The van der Waals surface area contributed by atoms with Crippen LogP contribution in [0.2, 0.25) is 0 Å². The van der Waals surface area contributed by atoms with E-state index in [0.29, 0.717) is 6.42 Å². The molecule has 1 spiro atoms. The highest BCUT2D eigenvalue weighted by atomic mass is 16.3. The third kappa shape index (κ3) is 2.69. The quantitative estimate of drug-likeness (QED) is 0.768. The number of likely N-dealkylation sites (N-methyl/N-ethyl adjacent to an activating group) is 1. The SMILES string of the molecule is CC1NC2(CCc3ccccc3CCCc3ccc(O)cc32)C(=O)N1C. The van der Waals surface area contributed by atoms with Gasteiger partial charge in [0.1, 0.15) is 11.3 Å². The number of aromatic hydroxyl groups is 1. The summed E-state index contributed by atoms with van der Waals surface area (Å²) >= 11 is 0. The van der Waals surface area contributed by atoms with Gasteiger partial charge in [-0.05, 0) is 73.4 Å². The molecule has 4 heteroatoms. The van der Waals surface area contributed by atoms with Gasteiger partial charge in [0, 0.05) is 7.05 Å². The zero-order valence-electron chi connectivity index (χ0n) is 15.5. The van der Waals surface area contributed by atoms with Crippen molar-refractivity contribution < 1.29 is 9.90 Å². The molecule has 1 aliphatic heterocycles. The summed E-state index contributed by atoms with van der Waals surface area (Å²) in [5, 5.41) is 13.7. The van der Waals surface area contributed by atoms with Crippen LogP contribution in [-0.2, 0) is 29.6 Å². The van der Waals surface area contributed by atoms with E-state index >= 15 is 0 Å². The molecule has 0 saturated carbocycles. The minimum atomic E-state index is -0.771. The van der Waals surface area contributed by atoms with E-state index in [1.54, 1.807) is 17.0 Å². The minimum absolute atomic E-state index is 0.0316. The van der Waals surface area contributed by atoms with Gasteiger partial charge >= 0.3 is 0 Å². The largest absolute Gasteiger partial charge is 0.508 e. The number of carbonyl (C=O) groups is 1. The lowest BCUT2D eigenvalue weighted by Gasteiger charge is -2.31. The number of hydrogen-bond donors (Lipinski definition) is 2. The number of rotatable bonds is 0. The Balaban J connectivity index is 1.85. The van der Waals surface area contributed by atoms with Crippen molar-refractivity contribution in [2.75, 3.05) is 7.05 Å². The van der Waals surface area contributed by atoms with Crippen LogP contribution in [0, 0.1) is 0 Å². The monoisotopic (exact) mass is 350 g/mol. The van der Waals surface area contributed by atoms with E-state index in [0.717, 1.165) is 36.8 Å². The molecular formula is C22H26N2O2. The van der Waals surface area contributed by atoms with Crippen LogP contribution >= 0.6 is 0 Å². The van der Waals surface area contributed by atoms with Crippen molar-refractivity contribution in [3.05, 3.63) is 64.7 Å². The fraction of sp³-hybridized carbons (Fsp3) is 0.409. The highest BCUT2D eigenvalue weighted by Crippen LogP contribution is 2.39. The Hall–Kier alpha value is -2.33. The Labute approximate surface area is 154 Å². The lowest BCUT2D eigenvalue weighted by atomic mass is 9.78. The molecule has 2 atom stereocenters. The average molecular weight is 350 g/mol. The standard InChI is InChI=1S/C22H26N2O2/c1-15-23-22(21(26)24(15)2)13-12-17-7-4-3-6-16(17)8-5-9-18-10-11-19(25)14-20(18)22/h3-4,6-7,10-11,14-15,23,25H,5,8-9,12-13H2,1-2H3. The molecule has 136 valence electrons. The number of aryl methyl sites for hydroxylation is 3. The molecule has 2 unspecified atom stereocenters. The lowest BCUT2D eigenvalue weighted by Crippen LogP contribution is -2.45. The van der Waals surface area contributed by atoms with E-state index < -0.39 is 5.54 Å². The van der Waals surface area contributed by atoms with Crippen molar-refractivity contribution in [3.63, 3.8) is 0 Å². The number of fused-ring (bicyclic) bond motifs is 3. The average Bonchev–Trinajstić information content (AvgIpc) is 2.86. The van der Waals surface area contributed by atoms with Crippen molar-refractivity contribution >= 4 is 5.91 Å². The van der Waals surface area contributed by atoms with Gasteiger partial charge in [-0.25, -0.2) is 0 Å². The molecule has 2 aromatic carbocycles. The molecule has 1 fully saturated rings. The molecular weight excluding hydrogens is 324 g/mol. The van der Waals surface area contributed by atoms with E-state index in [4.69, 9.17) is 0 Å². The Bertz CT molecular complexity index is 848. The van der Waals surface area contributed by atoms with Crippen LogP contribution < -0.4 is 5.32 Å². The summed E-state index contributed by atoms with van der Waals surface area (Å²) in [6.45, 7) is 2.02. The maximum Gasteiger partial charge on any atom is 0.248 e. The van der Waals surface area contributed by atoms with Crippen molar-refractivity contribution in [1.82, 2.24) is 10.2 Å². The molecule has 1 saturated heterocycles. The Morgan fingerprint density at radius 1 is 1.08 bits per heavy atom. The maximum atomic E-state index is 13.3. The molecule has 0 radical (unpaired) electrons. The van der Waals surface area contributed by atoms with Crippen LogP contribution in [-0.4, -0.2) is 29.1 Å². The zero-order chi connectivity index (χ0) is 18.3. The first-order valence-corrected chi connectivity index (χ1v) is 9.45. The highest BCUT2D eigenvalue weighted by molar-refractivity contribution is 5.90. The molecule has 1 heterocycles. The first-order valence-electron chi connectivity index (χ1n) is 9.45. The number of nitrogens with one attached hydrogen (secondary N) is 1. The number of phenolic OH excluding ortho intramolecular Hbond substituents is 1. The van der Waals surface area contributed by atoms with Gasteiger partial charge < -0.3 is 10.0 Å². The molecule has 1 amide bonds. The molecule has 0 bridgehead atoms. The van der Waals surface area contributed by atoms with Crippen molar-refractivity contribution in [2.24, 2.45) is 0 Å². The van der Waals surface area contributed by atoms with Crippen molar-refractivity contribution in [1.29, 1.82) is 0 Å². The Morgan fingerprint density at radius 2 is 1.77 bits per heavy atom. The molecule has 4 rings (SSSR count). The number of hydrogen-bond acceptors (Lipinski definition) is 3. The molecule has 4 nitrogen and oxygen atoms in total. The summed E-state index contributed by atoms with van der Waals surface area (Å²) in [6, 6.07) is 14.1. The fourth-order valence-electron chi connectivity index (χ4n) is 4.52. The second-order valence-electron chi connectivity index (χ2n) is 7.61. The molecule has 0 aromatic heterocycles. The van der Waals surface area contributed by atoms with E-state index in [-0.39, 0.29) is 17.8 Å². The van der Waals surface area contributed by atoms with Gasteiger partial charge in [0.25, 0.3) is 0 Å². The lowest BCUT2D eigenvalue weighted by molar-refractivity contribution is -0.132. The highest BCUT2D eigenvalue weighted by Gasteiger charge is 2.50. The molecule has 2 aliphatic rings. The normalized spacial score (nSPS) is 25.8. The summed E-state index contributed by atoms with van der Waals surface area (Å²) in [7, 11) is 1.85. The van der Waals surface area contributed by atoms with Gasteiger partial charge in [-0.2, -0.15) is 0 Å². The third-order valence-corrected chi connectivity index (χ3v) is 6.05. The minimum Gasteiger partial charge on any atom is -0.508 e. The Morgan fingerprint density at radius 3 is 2.46 bits per heavy atom. The van der Waals surface area contributed by atoms with Gasteiger partial charge in [-0.1, -0.05) is 30.3 Å². The van der Waals surface area contributed by atoms with Crippen LogP contribution in [0.25, 0.3) is 0 Å².